The van der Waals surface area contributed by atoms with Crippen LogP contribution in [0.2, 0.25) is 0 Å². The number of nitrogens with zero attached hydrogens (tertiary/aromatic N) is 2. The molecular formula is C17H26Cl2N4O. The second-order valence-electron chi connectivity index (χ2n) is 5.67. The summed E-state index contributed by atoms with van der Waals surface area (Å²) in [5, 5.41) is 5.90. The van der Waals surface area contributed by atoms with Crippen LogP contribution in [0.4, 0.5) is 5.69 Å². The number of aromatic nitrogens is 2. The van der Waals surface area contributed by atoms with Crippen LogP contribution in [0, 0.1) is 0 Å². The first kappa shape index (κ1) is 22.4. The highest BCUT2D eigenvalue weighted by molar-refractivity contribution is 5.90. The predicted molar refractivity (Wildman–Crippen MR) is 104 cm³/mol. The van der Waals surface area contributed by atoms with Gasteiger partial charge in [-0.15, -0.1) is 24.8 Å². The summed E-state index contributed by atoms with van der Waals surface area (Å²) in [6.07, 6.45) is 4.30. The molecule has 24 heavy (non-hydrogen) atoms. The Morgan fingerprint density at radius 1 is 1.29 bits per heavy atom. The molecular weight excluding hydrogens is 347 g/mol. The molecule has 0 bridgehead atoms. The maximum Gasteiger partial charge on any atom is 0.225 e. The molecule has 0 unspecified atom stereocenters. The lowest BCUT2D eigenvalue weighted by atomic mass is 10.1. The van der Waals surface area contributed by atoms with Crippen molar-refractivity contribution >= 4 is 36.4 Å². The van der Waals surface area contributed by atoms with Crippen LogP contribution >= 0.6 is 24.8 Å². The van der Waals surface area contributed by atoms with Gasteiger partial charge in [0, 0.05) is 43.5 Å². The number of hydrogen-bond donors (Lipinski definition) is 2. The molecule has 1 aromatic heterocycles. The van der Waals surface area contributed by atoms with Crippen LogP contribution in [0.3, 0.4) is 0 Å². The number of hydrogen-bond acceptors (Lipinski definition) is 3. The average molecular weight is 373 g/mol. The summed E-state index contributed by atoms with van der Waals surface area (Å²) in [7, 11) is 1.84. The van der Waals surface area contributed by atoms with Crippen LogP contribution in [0.1, 0.15) is 37.6 Å². The van der Waals surface area contributed by atoms with Crippen molar-refractivity contribution in [2.45, 2.75) is 32.7 Å². The van der Waals surface area contributed by atoms with Gasteiger partial charge in [-0.2, -0.15) is 0 Å². The summed E-state index contributed by atoms with van der Waals surface area (Å²) in [5.74, 6) is 1.49. The maximum absolute atomic E-state index is 11.8. The first-order valence-corrected chi connectivity index (χ1v) is 7.64. The molecule has 0 radical (unpaired) electrons. The van der Waals surface area contributed by atoms with Crippen LogP contribution in [-0.2, 0) is 11.3 Å². The molecule has 0 saturated carbocycles. The minimum Gasteiger partial charge on any atom is -0.330 e. The average Bonchev–Trinajstić information content (AvgIpc) is 2.94. The molecule has 5 nitrogen and oxygen atoms in total. The first-order chi connectivity index (χ1) is 10.6. The third-order valence-electron chi connectivity index (χ3n) is 3.43. The molecule has 0 aliphatic carbocycles. The Hall–Kier alpha value is -1.56. The summed E-state index contributed by atoms with van der Waals surface area (Å²) >= 11 is 0. The molecule has 2 N–H and O–H groups in total. The van der Waals surface area contributed by atoms with Gasteiger partial charge in [0.2, 0.25) is 5.91 Å². The standard InChI is InChI=1S/C17H24N4O.2ClH/c1-13(2)17-19-9-10-21(17)12-14-5-4-6-15(11-14)20-16(22)7-8-18-3;;/h4-6,9-11,13,18H,7-8,12H2,1-3H3,(H,20,22);2*1H. The molecule has 2 aromatic rings. The number of carbonyl (C=O) groups is 1. The third-order valence-corrected chi connectivity index (χ3v) is 3.43. The molecule has 1 amide bonds. The van der Waals surface area contributed by atoms with Crippen molar-refractivity contribution in [3.05, 3.63) is 48.0 Å². The largest absolute Gasteiger partial charge is 0.330 e. The van der Waals surface area contributed by atoms with E-state index in [0.29, 0.717) is 18.9 Å². The monoisotopic (exact) mass is 372 g/mol. The number of halogens is 2. The fourth-order valence-electron chi connectivity index (χ4n) is 2.36. The van der Waals surface area contributed by atoms with Crippen LogP contribution in [0.5, 0.6) is 0 Å². The van der Waals surface area contributed by atoms with Crippen molar-refractivity contribution < 1.29 is 4.79 Å². The van der Waals surface area contributed by atoms with E-state index in [4.69, 9.17) is 0 Å². The minimum atomic E-state index is 0. The second kappa shape index (κ2) is 11.1. The lowest BCUT2D eigenvalue weighted by Gasteiger charge is -2.12. The van der Waals surface area contributed by atoms with Gasteiger partial charge in [-0.3, -0.25) is 4.79 Å². The van der Waals surface area contributed by atoms with Gasteiger partial charge in [0.1, 0.15) is 5.82 Å². The topological polar surface area (TPSA) is 59.0 Å². The Labute approximate surface area is 156 Å². The van der Waals surface area contributed by atoms with Crippen LogP contribution in [0.15, 0.2) is 36.7 Å². The molecule has 0 atom stereocenters. The van der Waals surface area contributed by atoms with Gasteiger partial charge in [0.25, 0.3) is 0 Å². The smallest absolute Gasteiger partial charge is 0.225 e. The highest BCUT2D eigenvalue weighted by Crippen LogP contribution is 2.16. The molecule has 0 aliphatic heterocycles. The zero-order valence-corrected chi connectivity index (χ0v) is 15.9. The fraction of sp³-hybridized carbons (Fsp3) is 0.412. The molecule has 0 spiro atoms. The number of imidazole rings is 1. The van der Waals surface area contributed by atoms with Crippen LogP contribution < -0.4 is 10.6 Å². The van der Waals surface area contributed by atoms with E-state index in [-0.39, 0.29) is 30.7 Å². The Morgan fingerprint density at radius 2 is 2.04 bits per heavy atom. The van der Waals surface area contributed by atoms with Crippen LogP contribution in [0.25, 0.3) is 0 Å². The highest BCUT2D eigenvalue weighted by atomic mass is 35.5. The number of rotatable bonds is 7. The maximum atomic E-state index is 11.8. The van der Waals surface area contributed by atoms with Crippen molar-refractivity contribution in [2.75, 3.05) is 18.9 Å². The van der Waals surface area contributed by atoms with Gasteiger partial charge in [-0.05, 0) is 24.7 Å². The molecule has 1 heterocycles. The van der Waals surface area contributed by atoms with Gasteiger partial charge >= 0.3 is 0 Å². The minimum absolute atomic E-state index is 0. The molecule has 0 fully saturated rings. The van der Waals surface area contributed by atoms with Crippen molar-refractivity contribution in [3.63, 3.8) is 0 Å². The molecule has 2 rings (SSSR count). The van der Waals surface area contributed by atoms with E-state index in [1.165, 1.54) is 0 Å². The number of amides is 1. The van der Waals surface area contributed by atoms with Gasteiger partial charge in [-0.1, -0.05) is 26.0 Å². The van der Waals surface area contributed by atoms with E-state index in [1.807, 2.05) is 37.6 Å². The lowest BCUT2D eigenvalue weighted by Crippen LogP contribution is -2.18. The van der Waals surface area contributed by atoms with Gasteiger partial charge in [0.05, 0.1) is 0 Å². The molecule has 0 saturated heterocycles. The van der Waals surface area contributed by atoms with Gasteiger partial charge in [-0.25, -0.2) is 4.98 Å². The molecule has 134 valence electrons. The Morgan fingerprint density at radius 3 is 2.71 bits per heavy atom. The van der Waals surface area contributed by atoms with E-state index in [2.05, 4.69) is 40.1 Å². The zero-order valence-electron chi connectivity index (χ0n) is 14.3. The zero-order chi connectivity index (χ0) is 15.9. The third kappa shape index (κ3) is 6.51. The summed E-state index contributed by atoms with van der Waals surface area (Å²) in [6, 6.07) is 7.96. The quantitative estimate of drug-likeness (QED) is 0.782. The summed E-state index contributed by atoms with van der Waals surface area (Å²) < 4.78 is 2.15. The Bertz CT molecular complexity index is 629. The first-order valence-electron chi connectivity index (χ1n) is 7.64. The number of nitrogens with one attached hydrogen (secondary N) is 2. The Balaban J connectivity index is 0.00000264. The molecule has 7 heteroatoms. The van der Waals surface area contributed by atoms with Crippen molar-refractivity contribution in [1.29, 1.82) is 0 Å². The summed E-state index contributed by atoms with van der Waals surface area (Å²) in [5.41, 5.74) is 1.98. The number of benzene rings is 1. The van der Waals surface area contributed by atoms with E-state index in [9.17, 15) is 4.79 Å². The van der Waals surface area contributed by atoms with Gasteiger partial charge in [0.15, 0.2) is 0 Å². The molecule has 0 aliphatic rings. The number of anilines is 1. The number of carbonyl (C=O) groups excluding carboxylic acids is 1. The SMILES string of the molecule is CNCCC(=O)Nc1cccc(Cn2ccnc2C(C)C)c1.Cl.Cl. The summed E-state index contributed by atoms with van der Waals surface area (Å²) in [6.45, 7) is 5.71. The van der Waals surface area contributed by atoms with E-state index in [0.717, 1.165) is 23.6 Å². The molecule has 1 aromatic carbocycles. The van der Waals surface area contributed by atoms with Crippen molar-refractivity contribution in [1.82, 2.24) is 14.9 Å². The predicted octanol–water partition coefficient (Wildman–Crippen LogP) is 3.45. The van der Waals surface area contributed by atoms with Crippen molar-refractivity contribution in [2.24, 2.45) is 0 Å². The van der Waals surface area contributed by atoms with Gasteiger partial charge < -0.3 is 15.2 Å². The Kier molecular flexibility index (Phi) is 10.4. The van der Waals surface area contributed by atoms with Crippen LogP contribution in [-0.4, -0.2) is 29.1 Å². The van der Waals surface area contributed by atoms with E-state index < -0.39 is 0 Å². The normalized spacial score (nSPS) is 10.0. The summed E-state index contributed by atoms with van der Waals surface area (Å²) in [4.78, 5) is 16.2. The van der Waals surface area contributed by atoms with Crippen molar-refractivity contribution in [3.8, 4) is 0 Å². The highest BCUT2D eigenvalue weighted by Gasteiger charge is 2.08. The lowest BCUT2D eigenvalue weighted by molar-refractivity contribution is -0.116. The van der Waals surface area contributed by atoms with E-state index in [1.54, 1.807) is 0 Å². The fourth-order valence-corrected chi connectivity index (χ4v) is 2.36. The van der Waals surface area contributed by atoms with E-state index >= 15 is 0 Å². The second-order valence-corrected chi connectivity index (χ2v) is 5.67.